The third-order valence-corrected chi connectivity index (χ3v) is 4.40. The summed E-state index contributed by atoms with van der Waals surface area (Å²) in [7, 11) is -4.94. The van der Waals surface area contributed by atoms with Crippen molar-refractivity contribution in [2.75, 3.05) is 19.6 Å². The van der Waals surface area contributed by atoms with E-state index < -0.39 is 10.2 Å². The van der Waals surface area contributed by atoms with Crippen LogP contribution in [0.25, 0.3) is 0 Å². The van der Waals surface area contributed by atoms with Crippen LogP contribution in [-0.2, 0) is 0 Å². The molecule has 0 amide bonds. The Kier molecular flexibility index (Phi) is 4.39. The summed E-state index contributed by atoms with van der Waals surface area (Å²) in [6.07, 6.45) is 4.43. The maximum absolute atomic E-state index is 8.49. The van der Waals surface area contributed by atoms with Gasteiger partial charge >= 0.3 is 0 Å². The maximum atomic E-state index is 8.49. The van der Waals surface area contributed by atoms with Crippen molar-refractivity contribution in [3.63, 3.8) is 0 Å². The van der Waals surface area contributed by atoms with E-state index in [4.69, 9.17) is 18.6 Å². The summed E-state index contributed by atoms with van der Waals surface area (Å²) in [5.74, 6) is 0. The molecule has 2 bridgehead atoms. The summed E-state index contributed by atoms with van der Waals surface area (Å²) in [6.45, 7) is 4.34. The molecule has 0 unspecified atom stereocenters. The molecule has 0 aliphatic carbocycles. The summed E-state index contributed by atoms with van der Waals surface area (Å²) in [5, 5.41) is 0. The van der Waals surface area contributed by atoms with Crippen molar-refractivity contribution >= 4 is 22.6 Å². The second-order valence-electron chi connectivity index (χ2n) is 3.78. The molecular weight excluding hydrogens is 324 g/mol. The molecule has 3 fully saturated rings. The fourth-order valence-corrected chi connectivity index (χ4v) is 2.76. The Balaban J connectivity index is 0.000000171. The van der Waals surface area contributed by atoms with Crippen molar-refractivity contribution in [3.05, 3.63) is 0 Å². The zero-order chi connectivity index (χ0) is 10.8. The molecule has 0 aromatic rings. The Labute approximate surface area is 98.6 Å². The van der Waals surface area contributed by atoms with E-state index in [0.29, 0.717) is 0 Å². The zero-order valence-corrected chi connectivity index (χ0v) is 10.5. The topological polar surface area (TPSA) is 96.7 Å². The molecule has 3 aliphatic heterocycles. The largest absolute Gasteiger partial charge is 0.335 e. The van der Waals surface area contributed by atoms with Crippen molar-refractivity contribution < 1.29 is 33.8 Å². The van der Waals surface area contributed by atoms with Crippen LogP contribution in [-0.4, -0.2) is 23.1 Å². The molecular formula is C7H13ClINO4. The molecule has 0 atom stereocenters. The first-order chi connectivity index (χ1) is 6.29. The van der Waals surface area contributed by atoms with Gasteiger partial charge in [-0.05, 0) is 0 Å². The molecule has 14 heavy (non-hydrogen) atoms. The lowest BCUT2D eigenvalue weighted by atomic mass is 9.88. The molecule has 3 saturated heterocycles. The van der Waals surface area contributed by atoms with E-state index in [1.54, 1.807) is 0 Å². The van der Waals surface area contributed by atoms with Gasteiger partial charge in [-0.25, -0.2) is 18.6 Å². The lowest BCUT2D eigenvalue weighted by Crippen LogP contribution is -3.15. The van der Waals surface area contributed by atoms with Gasteiger partial charge in [0.2, 0.25) is 0 Å². The molecule has 0 spiro atoms. The van der Waals surface area contributed by atoms with Crippen molar-refractivity contribution in [1.29, 1.82) is 0 Å². The van der Waals surface area contributed by atoms with E-state index >= 15 is 0 Å². The zero-order valence-electron chi connectivity index (χ0n) is 7.63. The van der Waals surface area contributed by atoms with Gasteiger partial charge in [0.25, 0.3) is 0 Å². The van der Waals surface area contributed by atoms with Crippen LogP contribution in [0.5, 0.6) is 0 Å². The quantitative estimate of drug-likeness (QED) is 0.356. The Morgan fingerprint density at radius 2 is 1.21 bits per heavy atom. The normalized spacial score (nSPS) is 36.2. The van der Waals surface area contributed by atoms with Crippen LogP contribution in [0.1, 0.15) is 19.3 Å². The number of nitrogens with one attached hydrogen (secondary N) is 1. The van der Waals surface area contributed by atoms with Crippen LogP contribution >= 0.6 is 22.6 Å². The average molecular weight is 338 g/mol. The fraction of sp³-hybridized carbons (Fsp3) is 1.00. The van der Waals surface area contributed by atoms with E-state index in [9.17, 15) is 0 Å². The number of hydrogen-bond acceptors (Lipinski definition) is 4. The molecule has 0 saturated carbocycles. The van der Waals surface area contributed by atoms with Gasteiger partial charge in [-0.2, -0.15) is 0 Å². The van der Waals surface area contributed by atoms with Gasteiger partial charge in [-0.15, -0.1) is 10.2 Å². The molecule has 0 aromatic carbocycles. The van der Waals surface area contributed by atoms with Gasteiger partial charge in [0.15, 0.2) is 0 Å². The van der Waals surface area contributed by atoms with Crippen molar-refractivity contribution in [1.82, 2.24) is 0 Å². The number of quaternary nitrogens is 1. The molecule has 3 aliphatic rings. The summed E-state index contributed by atoms with van der Waals surface area (Å²) < 4.78 is 34.7. The third kappa shape index (κ3) is 5.06. The number of halogens is 2. The van der Waals surface area contributed by atoms with E-state index in [2.05, 4.69) is 22.6 Å². The van der Waals surface area contributed by atoms with Crippen LogP contribution in [0, 0.1) is 10.2 Å². The first-order valence-corrected chi connectivity index (χ1v) is 6.74. The summed E-state index contributed by atoms with van der Waals surface area (Å²) in [5.41, 5.74) is 0. The number of piperidine rings is 3. The van der Waals surface area contributed by atoms with Crippen LogP contribution in [0.4, 0.5) is 0 Å². The van der Waals surface area contributed by atoms with Crippen LogP contribution < -0.4 is 23.5 Å². The molecule has 0 radical (unpaired) electrons. The van der Waals surface area contributed by atoms with E-state index in [-0.39, 0.29) is 0 Å². The van der Waals surface area contributed by atoms with Gasteiger partial charge in [-0.3, -0.25) is 0 Å². The molecule has 1 N–H and O–H groups in total. The number of rotatable bonds is 0. The molecule has 84 valence electrons. The first kappa shape index (κ1) is 12.9. The highest BCUT2D eigenvalue weighted by Crippen LogP contribution is 2.33. The van der Waals surface area contributed by atoms with Gasteiger partial charge in [0, 0.05) is 22.7 Å². The van der Waals surface area contributed by atoms with E-state index in [1.807, 2.05) is 4.90 Å². The van der Waals surface area contributed by atoms with Crippen molar-refractivity contribution in [2.24, 2.45) is 0 Å². The number of hydrogen-bond donors (Lipinski definition) is 1. The molecule has 0 aromatic heterocycles. The summed E-state index contributed by atoms with van der Waals surface area (Å²) >= 11 is 2.68. The number of fused-ring (bicyclic) bond motifs is 3. The predicted molar refractivity (Wildman–Crippen MR) is 46.2 cm³/mol. The minimum Gasteiger partial charge on any atom is -0.335 e. The smallest absolute Gasteiger partial charge is 0.0783 e. The lowest BCUT2D eigenvalue weighted by molar-refractivity contribution is -2.00. The molecule has 7 heteroatoms. The monoisotopic (exact) mass is 337 g/mol. The highest BCUT2D eigenvalue weighted by atomic mass is 127. The van der Waals surface area contributed by atoms with Gasteiger partial charge < -0.3 is 4.90 Å². The minimum absolute atomic E-state index is 0.736. The lowest BCUT2D eigenvalue weighted by Gasteiger charge is -2.42. The predicted octanol–water partition coefficient (Wildman–Crippen LogP) is -4.51. The van der Waals surface area contributed by atoms with Gasteiger partial charge in [0.05, 0.1) is 19.6 Å². The Hall–Kier alpha value is 0.820. The SMILES string of the molecule is IC12CC[NH+](CC1)CC2.[O-][Cl+3]([O-])([O-])[O-]. The molecule has 3 heterocycles. The second kappa shape index (κ2) is 4.77. The second-order valence-corrected chi connectivity index (χ2v) is 6.82. The Bertz CT molecular complexity index is 171. The van der Waals surface area contributed by atoms with Gasteiger partial charge in [0.1, 0.15) is 0 Å². The molecule has 3 rings (SSSR count). The van der Waals surface area contributed by atoms with E-state index in [1.165, 1.54) is 38.9 Å². The first-order valence-electron chi connectivity index (χ1n) is 4.43. The average Bonchev–Trinajstić information content (AvgIpc) is 2.02. The third-order valence-electron chi connectivity index (χ3n) is 2.78. The van der Waals surface area contributed by atoms with Crippen LogP contribution in [0.3, 0.4) is 0 Å². The van der Waals surface area contributed by atoms with Crippen molar-refractivity contribution in [3.8, 4) is 0 Å². The standard InChI is InChI=1S/C7H12IN.ClHO4/c8-7-1-4-9(5-2-7)6-3-7;2-1(3,4)5/h1-6H2;(H,2,3,4,5). The number of alkyl halides is 1. The summed E-state index contributed by atoms with van der Waals surface area (Å²) in [4.78, 5) is 1.86. The highest BCUT2D eigenvalue weighted by Gasteiger charge is 2.39. The van der Waals surface area contributed by atoms with Gasteiger partial charge in [-0.1, -0.05) is 22.6 Å². The minimum atomic E-state index is -4.94. The van der Waals surface area contributed by atoms with Crippen molar-refractivity contribution in [2.45, 2.75) is 22.7 Å². The Morgan fingerprint density at radius 1 is 0.929 bits per heavy atom. The Morgan fingerprint density at radius 3 is 1.36 bits per heavy atom. The highest BCUT2D eigenvalue weighted by molar-refractivity contribution is 14.1. The van der Waals surface area contributed by atoms with Crippen LogP contribution in [0.15, 0.2) is 0 Å². The van der Waals surface area contributed by atoms with E-state index in [0.717, 1.165) is 3.42 Å². The fourth-order valence-electron chi connectivity index (χ4n) is 1.95. The summed E-state index contributed by atoms with van der Waals surface area (Å²) in [6, 6.07) is 0. The van der Waals surface area contributed by atoms with Crippen LogP contribution in [0.2, 0.25) is 0 Å². The molecule has 5 nitrogen and oxygen atoms in total. The maximum Gasteiger partial charge on any atom is 0.0783 e.